The van der Waals surface area contributed by atoms with Crippen molar-refractivity contribution in [2.75, 3.05) is 21.3 Å². The number of carbonyl (C=O) groups excluding carboxylic acids is 1. The van der Waals surface area contributed by atoms with Crippen molar-refractivity contribution in [3.05, 3.63) is 27.7 Å². The van der Waals surface area contributed by atoms with E-state index in [1.165, 1.54) is 12.2 Å². The van der Waals surface area contributed by atoms with Gasteiger partial charge in [0.1, 0.15) is 5.75 Å². The van der Waals surface area contributed by atoms with Crippen LogP contribution in [0.1, 0.15) is 15.9 Å². The molecule has 0 aliphatic heterocycles. The predicted octanol–water partition coefficient (Wildman–Crippen LogP) is 2.40. The number of halogens is 1. The lowest BCUT2D eigenvalue weighted by molar-refractivity contribution is -0.0757. The summed E-state index contributed by atoms with van der Waals surface area (Å²) in [6, 6.07) is 3.46. The second-order valence-corrected chi connectivity index (χ2v) is 4.09. The van der Waals surface area contributed by atoms with Crippen LogP contribution in [0.15, 0.2) is 16.6 Å². The van der Waals surface area contributed by atoms with Crippen molar-refractivity contribution in [2.45, 2.75) is 6.92 Å². The van der Waals surface area contributed by atoms with Crippen molar-refractivity contribution in [2.24, 2.45) is 0 Å². The molecule has 0 aromatic heterocycles. The highest BCUT2D eigenvalue weighted by atomic mass is 79.9. The van der Waals surface area contributed by atoms with Crippen LogP contribution in [0.4, 0.5) is 0 Å². The third kappa shape index (κ3) is 2.54. The first-order chi connectivity index (χ1) is 7.51. The van der Waals surface area contributed by atoms with Crippen LogP contribution >= 0.6 is 15.9 Å². The van der Waals surface area contributed by atoms with Crippen molar-refractivity contribution < 1.29 is 14.4 Å². The highest BCUT2D eigenvalue weighted by Crippen LogP contribution is 2.30. The Morgan fingerprint density at radius 1 is 1.38 bits per heavy atom. The number of benzene rings is 1. The van der Waals surface area contributed by atoms with Crippen LogP contribution in [0.5, 0.6) is 5.75 Å². The van der Waals surface area contributed by atoms with Gasteiger partial charge in [0.2, 0.25) is 0 Å². The molecular weight excluding hydrogens is 274 g/mol. The summed E-state index contributed by atoms with van der Waals surface area (Å²) in [6.07, 6.45) is 0. The van der Waals surface area contributed by atoms with Crippen LogP contribution in [0, 0.1) is 6.92 Å². The number of nitrogens with zero attached hydrogens (tertiary/aromatic N) is 1. The molecule has 0 atom stereocenters. The smallest absolute Gasteiger partial charge is 0.277 e. The highest BCUT2D eigenvalue weighted by Gasteiger charge is 2.15. The molecule has 0 unspecified atom stereocenters. The highest BCUT2D eigenvalue weighted by molar-refractivity contribution is 9.10. The Labute approximate surface area is 103 Å². The predicted molar refractivity (Wildman–Crippen MR) is 64.5 cm³/mol. The second-order valence-electron chi connectivity index (χ2n) is 3.29. The molecular formula is C11H14BrNO3. The molecule has 0 fully saturated rings. The van der Waals surface area contributed by atoms with Gasteiger partial charge >= 0.3 is 0 Å². The number of carbonyl (C=O) groups is 1. The van der Waals surface area contributed by atoms with Gasteiger partial charge in [0.05, 0.1) is 18.7 Å². The van der Waals surface area contributed by atoms with Gasteiger partial charge in [-0.15, -0.1) is 0 Å². The van der Waals surface area contributed by atoms with Gasteiger partial charge in [-0.25, -0.2) is 5.06 Å². The van der Waals surface area contributed by atoms with E-state index in [0.717, 1.165) is 10.0 Å². The minimum atomic E-state index is -0.212. The van der Waals surface area contributed by atoms with Gasteiger partial charge < -0.3 is 4.74 Å². The molecule has 1 rings (SSSR count). The third-order valence-corrected chi connectivity index (χ3v) is 3.26. The average molecular weight is 288 g/mol. The largest absolute Gasteiger partial charge is 0.496 e. The van der Waals surface area contributed by atoms with Crippen LogP contribution in [-0.4, -0.2) is 32.2 Å². The van der Waals surface area contributed by atoms with Gasteiger partial charge in [0.15, 0.2) is 0 Å². The maximum atomic E-state index is 11.8. The number of methoxy groups -OCH3 is 1. The van der Waals surface area contributed by atoms with Crippen LogP contribution in [-0.2, 0) is 4.84 Å². The van der Waals surface area contributed by atoms with Crippen molar-refractivity contribution in [1.29, 1.82) is 0 Å². The average Bonchev–Trinajstić information content (AvgIpc) is 2.30. The standard InChI is InChI=1S/C11H14BrNO3/c1-7-5-8(11(14)13(2)16-4)6-9(15-3)10(7)12/h5-6H,1-4H3. The Hall–Kier alpha value is -1.07. The maximum absolute atomic E-state index is 11.8. The fourth-order valence-electron chi connectivity index (χ4n) is 1.27. The van der Waals surface area contributed by atoms with Crippen LogP contribution in [0.2, 0.25) is 0 Å². The van der Waals surface area contributed by atoms with Crippen molar-refractivity contribution in [3.63, 3.8) is 0 Å². The molecule has 0 radical (unpaired) electrons. The summed E-state index contributed by atoms with van der Waals surface area (Å²) >= 11 is 3.40. The van der Waals surface area contributed by atoms with E-state index in [9.17, 15) is 4.79 Å². The van der Waals surface area contributed by atoms with Crippen LogP contribution < -0.4 is 4.74 Å². The van der Waals surface area contributed by atoms with Crippen molar-refractivity contribution >= 4 is 21.8 Å². The second kappa shape index (κ2) is 5.32. The number of ether oxygens (including phenoxy) is 1. The Bertz CT molecular complexity index is 406. The molecule has 0 bridgehead atoms. The van der Waals surface area contributed by atoms with Crippen molar-refractivity contribution in [1.82, 2.24) is 5.06 Å². The molecule has 0 spiro atoms. The minimum Gasteiger partial charge on any atom is -0.496 e. The molecule has 88 valence electrons. The van der Waals surface area contributed by atoms with Crippen LogP contribution in [0.3, 0.4) is 0 Å². The van der Waals surface area contributed by atoms with Crippen molar-refractivity contribution in [3.8, 4) is 5.75 Å². The number of hydroxylamine groups is 2. The zero-order chi connectivity index (χ0) is 12.3. The molecule has 0 saturated carbocycles. The number of hydrogen-bond donors (Lipinski definition) is 0. The molecule has 1 aromatic carbocycles. The third-order valence-electron chi connectivity index (χ3n) is 2.25. The molecule has 1 aromatic rings. The fourth-order valence-corrected chi connectivity index (χ4v) is 1.66. The van der Waals surface area contributed by atoms with Crippen LogP contribution in [0.25, 0.3) is 0 Å². The summed E-state index contributed by atoms with van der Waals surface area (Å²) < 4.78 is 6.02. The summed E-state index contributed by atoms with van der Waals surface area (Å²) in [6.45, 7) is 1.90. The Morgan fingerprint density at radius 2 is 2.00 bits per heavy atom. The van der Waals surface area contributed by atoms with E-state index in [2.05, 4.69) is 15.9 Å². The van der Waals surface area contributed by atoms with Gasteiger partial charge in [0, 0.05) is 12.6 Å². The minimum absolute atomic E-state index is 0.212. The summed E-state index contributed by atoms with van der Waals surface area (Å²) in [7, 11) is 4.57. The summed E-state index contributed by atoms with van der Waals surface area (Å²) in [5, 5.41) is 1.17. The zero-order valence-corrected chi connectivity index (χ0v) is 11.3. The fraction of sp³-hybridized carbons (Fsp3) is 0.364. The quantitative estimate of drug-likeness (QED) is 0.802. The molecule has 0 heterocycles. The first kappa shape index (κ1) is 13.0. The molecule has 0 aliphatic carbocycles. The first-order valence-corrected chi connectivity index (χ1v) is 5.46. The van der Waals surface area contributed by atoms with Gasteiger partial charge in [-0.3, -0.25) is 9.63 Å². The Morgan fingerprint density at radius 3 is 2.50 bits per heavy atom. The normalized spacial score (nSPS) is 10.1. The van der Waals surface area contributed by atoms with Gasteiger partial charge in [-0.2, -0.15) is 0 Å². The van der Waals surface area contributed by atoms with Gasteiger partial charge in [-0.05, 0) is 40.5 Å². The first-order valence-electron chi connectivity index (χ1n) is 4.67. The number of rotatable bonds is 3. The van der Waals surface area contributed by atoms with E-state index in [-0.39, 0.29) is 5.91 Å². The lowest BCUT2D eigenvalue weighted by Gasteiger charge is -2.15. The van der Waals surface area contributed by atoms with E-state index >= 15 is 0 Å². The SMILES string of the molecule is COc1cc(C(=O)N(C)OC)cc(C)c1Br. The monoisotopic (exact) mass is 287 g/mol. The van der Waals surface area contributed by atoms with E-state index in [0.29, 0.717) is 11.3 Å². The van der Waals surface area contributed by atoms with E-state index < -0.39 is 0 Å². The molecule has 0 N–H and O–H groups in total. The summed E-state index contributed by atoms with van der Waals surface area (Å²) in [5.41, 5.74) is 1.47. The van der Waals surface area contributed by atoms with Gasteiger partial charge in [-0.1, -0.05) is 0 Å². The molecule has 0 aliphatic rings. The van der Waals surface area contributed by atoms with Gasteiger partial charge in [0.25, 0.3) is 5.91 Å². The summed E-state index contributed by atoms with van der Waals surface area (Å²) in [4.78, 5) is 16.7. The molecule has 1 amide bonds. The maximum Gasteiger partial charge on any atom is 0.277 e. The number of amides is 1. The zero-order valence-electron chi connectivity index (χ0n) is 9.70. The molecule has 16 heavy (non-hydrogen) atoms. The topological polar surface area (TPSA) is 38.8 Å². The summed E-state index contributed by atoms with van der Waals surface area (Å²) in [5.74, 6) is 0.421. The molecule has 4 nitrogen and oxygen atoms in total. The van der Waals surface area contributed by atoms with E-state index in [4.69, 9.17) is 9.57 Å². The lowest BCUT2D eigenvalue weighted by atomic mass is 10.1. The molecule has 5 heteroatoms. The van der Waals surface area contributed by atoms with E-state index in [1.807, 2.05) is 6.92 Å². The molecule has 0 saturated heterocycles. The Balaban J connectivity index is 3.16. The van der Waals surface area contributed by atoms with E-state index in [1.54, 1.807) is 26.3 Å². The number of aryl methyl sites for hydroxylation is 1. The Kier molecular flexibility index (Phi) is 4.32. The lowest BCUT2D eigenvalue weighted by Crippen LogP contribution is -2.25. The number of hydrogen-bond acceptors (Lipinski definition) is 3.